The van der Waals surface area contributed by atoms with E-state index < -0.39 is 11.8 Å². The molecule has 0 aliphatic carbocycles. The summed E-state index contributed by atoms with van der Waals surface area (Å²) in [4.78, 5) is 28.4. The third-order valence-electron chi connectivity index (χ3n) is 3.87. The van der Waals surface area contributed by atoms with Crippen LogP contribution >= 0.6 is 0 Å². The molecule has 3 rings (SSSR count). The molecule has 3 aromatic rings. The number of hydrogen-bond donors (Lipinski definition) is 2. The molecule has 2 amide bonds. The predicted octanol–water partition coefficient (Wildman–Crippen LogP) is 2.47. The Kier molecular flexibility index (Phi) is 5.91. The molecule has 0 saturated heterocycles. The smallest absolute Gasteiger partial charge is 0.271 e. The molecule has 1 heterocycles. The van der Waals surface area contributed by atoms with Gasteiger partial charge in [-0.2, -0.15) is 10.1 Å². The van der Waals surface area contributed by atoms with Crippen LogP contribution in [0.1, 0.15) is 28.7 Å². The number of rotatable bonds is 6. The van der Waals surface area contributed by atoms with Gasteiger partial charge in [0.05, 0.1) is 6.54 Å². The molecule has 0 atom stereocenters. The Balaban J connectivity index is 1.53. The number of nitrogens with zero attached hydrogens (tertiary/aromatic N) is 3. The molecule has 0 fully saturated rings. The molecule has 0 radical (unpaired) electrons. The highest BCUT2D eigenvalue weighted by Gasteiger charge is 2.12. The molecular weight excluding hydrogens is 358 g/mol. The van der Waals surface area contributed by atoms with E-state index in [1.54, 1.807) is 12.1 Å². The van der Waals surface area contributed by atoms with Gasteiger partial charge in [-0.1, -0.05) is 53.2 Å². The molecule has 0 aliphatic heterocycles. The molecule has 2 N–H and O–H groups in total. The number of hydrazone groups is 1. The number of carbonyl (C=O) groups is 2. The lowest BCUT2D eigenvalue weighted by Gasteiger charge is -2.03. The van der Waals surface area contributed by atoms with Crippen LogP contribution in [0.15, 0.2) is 64.2 Å². The van der Waals surface area contributed by atoms with Crippen LogP contribution in [0.5, 0.6) is 0 Å². The zero-order valence-corrected chi connectivity index (χ0v) is 15.5. The Bertz CT molecular complexity index is 994. The highest BCUT2D eigenvalue weighted by molar-refractivity contribution is 6.37. The van der Waals surface area contributed by atoms with Crippen LogP contribution < -0.4 is 10.7 Å². The van der Waals surface area contributed by atoms with Gasteiger partial charge < -0.3 is 9.84 Å². The summed E-state index contributed by atoms with van der Waals surface area (Å²) in [5.74, 6) is -0.135. The highest BCUT2D eigenvalue weighted by Crippen LogP contribution is 2.14. The predicted molar refractivity (Wildman–Crippen MR) is 103 cm³/mol. The van der Waals surface area contributed by atoms with Crippen molar-refractivity contribution in [3.05, 3.63) is 71.6 Å². The first-order valence-electron chi connectivity index (χ1n) is 8.60. The van der Waals surface area contributed by atoms with Gasteiger partial charge in [-0.05, 0) is 26.0 Å². The van der Waals surface area contributed by atoms with E-state index >= 15 is 0 Å². The first kappa shape index (κ1) is 19.0. The average Bonchev–Trinajstić information content (AvgIpc) is 3.20. The van der Waals surface area contributed by atoms with Gasteiger partial charge in [0.25, 0.3) is 11.8 Å². The summed E-state index contributed by atoms with van der Waals surface area (Å²) >= 11 is 0. The Hall–Kier alpha value is -3.81. The van der Waals surface area contributed by atoms with Gasteiger partial charge in [-0.15, -0.1) is 0 Å². The molecule has 0 saturated carbocycles. The number of aromatic nitrogens is 2. The minimum Gasteiger partial charge on any atom is -0.342 e. The van der Waals surface area contributed by atoms with Crippen LogP contribution in [0.25, 0.3) is 11.4 Å². The second-order valence-electron chi connectivity index (χ2n) is 6.06. The van der Waals surface area contributed by atoms with Gasteiger partial charge in [0.1, 0.15) is 5.71 Å². The molecule has 28 heavy (non-hydrogen) atoms. The van der Waals surface area contributed by atoms with E-state index in [-0.39, 0.29) is 18.1 Å². The van der Waals surface area contributed by atoms with E-state index in [1.165, 1.54) is 6.92 Å². The zero-order chi connectivity index (χ0) is 19.9. The molecule has 142 valence electrons. The van der Waals surface area contributed by atoms with E-state index in [0.29, 0.717) is 11.4 Å². The van der Waals surface area contributed by atoms with Crippen LogP contribution in [0.3, 0.4) is 0 Å². The van der Waals surface area contributed by atoms with Gasteiger partial charge in [0, 0.05) is 11.1 Å². The summed E-state index contributed by atoms with van der Waals surface area (Å²) in [5.41, 5.74) is 4.79. The van der Waals surface area contributed by atoms with Crippen LogP contribution in [0.4, 0.5) is 0 Å². The topological polar surface area (TPSA) is 109 Å². The van der Waals surface area contributed by atoms with Crippen LogP contribution in [0.2, 0.25) is 0 Å². The second kappa shape index (κ2) is 8.72. The van der Waals surface area contributed by atoms with E-state index in [0.717, 1.165) is 11.1 Å². The van der Waals surface area contributed by atoms with Gasteiger partial charge in [0.2, 0.25) is 11.7 Å². The highest BCUT2D eigenvalue weighted by atomic mass is 16.5. The summed E-state index contributed by atoms with van der Waals surface area (Å²) in [6.07, 6.45) is 0. The standard InChI is InChI=1S/C20H19N5O3/c1-13-8-10-16(11-9-13)20(27)24-23-14(2)19(26)21-12-17-22-18(25-28-17)15-6-4-3-5-7-15/h3-11H,12H2,1-2H3,(H,21,26)(H,24,27)/b23-14+. The number of carbonyl (C=O) groups excluding carboxylic acids is 2. The maximum atomic E-state index is 12.1. The van der Waals surface area contributed by atoms with Gasteiger partial charge in [0.15, 0.2) is 0 Å². The van der Waals surface area contributed by atoms with Gasteiger partial charge in [-0.3, -0.25) is 9.59 Å². The quantitative estimate of drug-likeness (QED) is 0.507. The Morgan fingerprint density at radius 3 is 2.50 bits per heavy atom. The van der Waals surface area contributed by atoms with Crippen molar-refractivity contribution in [1.29, 1.82) is 0 Å². The number of amides is 2. The molecular formula is C20H19N5O3. The van der Waals surface area contributed by atoms with E-state index in [4.69, 9.17) is 4.52 Å². The van der Waals surface area contributed by atoms with Crippen molar-refractivity contribution < 1.29 is 14.1 Å². The molecule has 0 spiro atoms. The van der Waals surface area contributed by atoms with Crippen molar-refractivity contribution in [2.45, 2.75) is 20.4 Å². The lowest BCUT2D eigenvalue weighted by Crippen LogP contribution is -2.31. The Morgan fingerprint density at radius 2 is 1.79 bits per heavy atom. The Morgan fingerprint density at radius 1 is 1.07 bits per heavy atom. The molecule has 1 aromatic heterocycles. The van der Waals surface area contributed by atoms with Gasteiger partial charge in [-0.25, -0.2) is 5.43 Å². The molecule has 8 nitrogen and oxygen atoms in total. The average molecular weight is 377 g/mol. The van der Waals surface area contributed by atoms with E-state index in [9.17, 15) is 9.59 Å². The monoisotopic (exact) mass is 377 g/mol. The minimum atomic E-state index is -0.455. The Labute approximate surface area is 161 Å². The molecule has 0 bridgehead atoms. The summed E-state index contributed by atoms with van der Waals surface area (Å²) in [6.45, 7) is 3.48. The second-order valence-corrected chi connectivity index (χ2v) is 6.06. The van der Waals surface area contributed by atoms with Crippen molar-refractivity contribution in [2.24, 2.45) is 5.10 Å². The maximum absolute atomic E-state index is 12.1. The first-order chi connectivity index (χ1) is 13.5. The van der Waals surface area contributed by atoms with E-state index in [2.05, 4.69) is 26.0 Å². The largest absolute Gasteiger partial charge is 0.342 e. The summed E-state index contributed by atoms with van der Waals surface area (Å²) in [5, 5.41) is 10.3. The fourth-order valence-electron chi connectivity index (χ4n) is 2.27. The van der Waals surface area contributed by atoms with Crippen LogP contribution in [0, 0.1) is 6.92 Å². The third-order valence-corrected chi connectivity index (χ3v) is 3.87. The van der Waals surface area contributed by atoms with Crippen molar-refractivity contribution in [1.82, 2.24) is 20.9 Å². The lowest BCUT2D eigenvalue weighted by atomic mass is 10.1. The number of nitrogens with one attached hydrogen (secondary N) is 2. The fraction of sp³-hybridized carbons (Fsp3) is 0.150. The maximum Gasteiger partial charge on any atom is 0.271 e. The number of hydrogen-bond acceptors (Lipinski definition) is 6. The van der Waals surface area contributed by atoms with Crippen molar-refractivity contribution in [3.63, 3.8) is 0 Å². The van der Waals surface area contributed by atoms with Crippen LogP contribution in [-0.2, 0) is 11.3 Å². The van der Waals surface area contributed by atoms with Crippen molar-refractivity contribution in [3.8, 4) is 11.4 Å². The van der Waals surface area contributed by atoms with Gasteiger partial charge >= 0.3 is 0 Å². The molecule has 2 aromatic carbocycles. The molecule has 0 unspecified atom stereocenters. The first-order valence-corrected chi connectivity index (χ1v) is 8.60. The third kappa shape index (κ3) is 4.88. The molecule has 8 heteroatoms. The summed E-state index contributed by atoms with van der Waals surface area (Å²) in [6, 6.07) is 16.4. The SMILES string of the molecule is C/C(=N\NC(=O)c1ccc(C)cc1)C(=O)NCc1nc(-c2ccccc2)no1. The van der Waals surface area contributed by atoms with Crippen molar-refractivity contribution in [2.75, 3.05) is 0 Å². The van der Waals surface area contributed by atoms with E-state index in [1.807, 2.05) is 49.4 Å². The zero-order valence-electron chi connectivity index (χ0n) is 15.5. The fourth-order valence-corrected chi connectivity index (χ4v) is 2.27. The molecule has 0 aliphatic rings. The van der Waals surface area contributed by atoms with Crippen molar-refractivity contribution >= 4 is 17.5 Å². The lowest BCUT2D eigenvalue weighted by molar-refractivity contribution is -0.115. The number of aryl methyl sites for hydroxylation is 1. The summed E-state index contributed by atoms with van der Waals surface area (Å²) in [7, 11) is 0. The van der Waals surface area contributed by atoms with Crippen LogP contribution in [-0.4, -0.2) is 27.7 Å². The minimum absolute atomic E-state index is 0.0530. The normalized spacial score (nSPS) is 11.1. The number of benzene rings is 2. The summed E-state index contributed by atoms with van der Waals surface area (Å²) < 4.78 is 5.13.